The normalized spacial score (nSPS) is 10.7. The molecular weight excluding hydrogens is 368 g/mol. The van der Waals surface area contributed by atoms with E-state index in [1.807, 2.05) is 12.1 Å². The highest BCUT2D eigenvalue weighted by Crippen LogP contribution is 2.28. The molecule has 0 radical (unpaired) electrons. The summed E-state index contributed by atoms with van der Waals surface area (Å²) >= 11 is 7.27. The molecule has 7 heteroatoms. The van der Waals surface area contributed by atoms with E-state index in [9.17, 15) is 4.79 Å². The highest BCUT2D eigenvalue weighted by molar-refractivity contribution is 7.13. The lowest BCUT2D eigenvalue weighted by atomic mass is 10.1. The van der Waals surface area contributed by atoms with Gasteiger partial charge in [-0.1, -0.05) is 35.9 Å². The second-order valence-electron chi connectivity index (χ2n) is 5.30. The van der Waals surface area contributed by atoms with Gasteiger partial charge in [0, 0.05) is 22.0 Å². The maximum atomic E-state index is 12.3. The maximum absolute atomic E-state index is 12.3. The first-order chi connectivity index (χ1) is 12.6. The highest BCUT2D eigenvalue weighted by atomic mass is 35.5. The quantitative estimate of drug-likeness (QED) is 0.317. The van der Waals surface area contributed by atoms with E-state index in [4.69, 9.17) is 22.7 Å². The number of halogens is 1. The number of nitrogens with two attached hydrogens (primary N) is 1. The number of carbonyl (C=O) groups excluding carboxylic acids is 1. The second-order valence-corrected chi connectivity index (χ2v) is 6.59. The molecule has 5 nitrogen and oxygen atoms in total. The van der Waals surface area contributed by atoms with Crippen LogP contribution in [0.15, 0.2) is 60.0 Å². The molecule has 1 heterocycles. The Balaban J connectivity index is 1.73. The summed E-state index contributed by atoms with van der Waals surface area (Å²) in [7, 11) is 0. The molecule has 0 saturated heterocycles. The molecule has 0 saturated carbocycles. The molecule has 2 aromatic carbocycles. The molecule has 0 aliphatic rings. The Hall–Kier alpha value is -2.98. The number of hydrazine groups is 1. The third-order valence-electron chi connectivity index (χ3n) is 3.50. The Morgan fingerprint density at radius 1 is 1.27 bits per heavy atom. The van der Waals surface area contributed by atoms with Crippen molar-refractivity contribution in [3.63, 3.8) is 0 Å². The molecule has 1 aromatic heterocycles. The zero-order valence-electron chi connectivity index (χ0n) is 13.5. The molecule has 0 aliphatic carbocycles. The van der Waals surface area contributed by atoms with Crippen LogP contribution in [0.4, 0.5) is 5.82 Å². The van der Waals surface area contributed by atoms with E-state index in [0.717, 1.165) is 21.1 Å². The van der Waals surface area contributed by atoms with Gasteiger partial charge in [0.2, 0.25) is 0 Å². The van der Waals surface area contributed by atoms with Crippen LogP contribution < -0.4 is 10.9 Å². The van der Waals surface area contributed by atoms with E-state index in [1.165, 1.54) is 17.4 Å². The van der Waals surface area contributed by atoms with Crippen molar-refractivity contribution < 1.29 is 4.79 Å². The van der Waals surface area contributed by atoms with Crippen LogP contribution in [-0.2, 0) is 4.79 Å². The standard InChI is InChI=1S/C19H13ClN4OS/c20-16-7-5-15(6-8-16)19-23-17(12-26-19)24(22)18(25)9-4-13-2-1-3-14(10-13)11-21/h1-10,12H,22H2. The SMILES string of the molecule is N#Cc1cccc(C=CC(=O)N(N)c2csc(-c3ccc(Cl)cc3)n2)c1. The van der Waals surface area contributed by atoms with Crippen LogP contribution in [0.25, 0.3) is 16.6 Å². The van der Waals surface area contributed by atoms with Crippen LogP contribution in [0, 0.1) is 11.3 Å². The van der Waals surface area contributed by atoms with Gasteiger partial charge in [-0.2, -0.15) is 5.26 Å². The maximum Gasteiger partial charge on any atom is 0.266 e. The zero-order chi connectivity index (χ0) is 18.5. The van der Waals surface area contributed by atoms with Crippen molar-refractivity contribution >= 4 is 40.7 Å². The van der Waals surface area contributed by atoms with Crippen LogP contribution in [0.1, 0.15) is 11.1 Å². The van der Waals surface area contributed by atoms with Gasteiger partial charge in [-0.3, -0.25) is 4.79 Å². The van der Waals surface area contributed by atoms with Crippen LogP contribution in [0.2, 0.25) is 5.02 Å². The lowest BCUT2D eigenvalue weighted by molar-refractivity contribution is -0.114. The summed E-state index contributed by atoms with van der Waals surface area (Å²) in [5.74, 6) is 5.82. The average Bonchev–Trinajstić information content (AvgIpc) is 3.16. The first-order valence-corrected chi connectivity index (χ1v) is 8.81. The fourth-order valence-electron chi connectivity index (χ4n) is 2.17. The van der Waals surface area contributed by atoms with E-state index in [-0.39, 0.29) is 0 Å². The fourth-order valence-corrected chi connectivity index (χ4v) is 3.10. The predicted molar refractivity (Wildman–Crippen MR) is 104 cm³/mol. The van der Waals surface area contributed by atoms with Crippen molar-refractivity contribution in [3.8, 4) is 16.6 Å². The lowest BCUT2D eigenvalue weighted by Gasteiger charge is -2.10. The number of nitriles is 1. The molecule has 26 heavy (non-hydrogen) atoms. The number of hydrogen-bond acceptors (Lipinski definition) is 5. The minimum absolute atomic E-state index is 0.361. The van der Waals surface area contributed by atoms with Gasteiger partial charge >= 0.3 is 0 Å². The first-order valence-electron chi connectivity index (χ1n) is 7.55. The lowest BCUT2D eigenvalue weighted by Crippen LogP contribution is -2.36. The van der Waals surface area contributed by atoms with Crippen molar-refractivity contribution in [2.75, 3.05) is 5.01 Å². The number of rotatable bonds is 4. The minimum atomic E-state index is -0.416. The molecule has 0 aliphatic heterocycles. The van der Waals surface area contributed by atoms with E-state index in [1.54, 1.807) is 47.9 Å². The minimum Gasteiger partial charge on any atom is -0.268 e. The van der Waals surface area contributed by atoms with Crippen LogP contribution in [0.3, 0.4) is 0 Å². The van der Waals surface area contributed by atoms with Crippen LogP contribution in [0.5, 0.6) is 0 Å². The van der Waals surface area contributed by atoms with Gasteiger partial charge in [-0.15, -0.1) is 11.3 Å². The molecule has 3 rings (SSSR count). The van der Waals surface area contributed by atoms with E-state index >= 15 is 0 Å². The molecule has 2 N–H and O–H groups in total. The smallest absolute Gasteiger partial charge is 0.266 e. The van der Waals surface area contributed by atoms with Gasteiger partial charge in [-0.05, 0) is 35.9 Å². The highest BCUT2D eigenvalue weighted by Gasteiger charge is 2.13. The van der Waals surface area contributed by atoms with Crippen molar-refractivity contribution in [2.24, 2.45) is 5.84 Å². The third-order valence-corrected chi connectivity index (χ3v) is 4.63. The molecule has 0 unspecified atom stereocenters. The van der Waals surface area contributed by atoms with Gasteiger partial charge in [0.1, 0.15) is 5.01 Å². The van der Waals surface area contributed by atoms with Gasteiger partial charge in [0.25, 0.3) is 5.91 Å². The number of hydrogen-bond donors (Lipinski definition) is 1. The second kappa shape index (κ2) is 7.93. The summed E-state index contributed by atoms with van der Waals surface area (Å²) in [6, 6.07) is 16.3. The molecule has 1 amide bonds. The topological polar surface area (TPSA) is 83.0 Å². The molecule has 3 aromatic rings. The average molecular weight is 381 g/mol. The number of benzene rings is 2. The number of nitrogens with zero attached hydrogens (tertiary/aromatic N) is 3. The van der Waals surface area contributed by atoms with Crippen molar-refractivity contribution in [1.82, 2.24) is 4.98 Å². The largest absolute Gasteiger partial charge is 0.268 e. The van der Waals surface area contributed by atoms with Crippen molar-refractivity contribution in [3.05, 3.63) is 76.1 Å². The molecule has 128 valence electrons. The Morgan fingerprint density at radius 3 is 2.77 bits per heavy atom. The summed E-state index contributed by atoms with van der Waals surface area (Å²) in [4.78, 5) is 16.7. The van der Waals surface area contributed by atoms with Gasteiger partial charge in [0.05, 0.1) is 11.6 Å². The summed E-state index contributed by atoms with van der Waals surface area (Å²) < 4.78 is 0. The Morgan fingerprint density at radius 2 is 2.04 bits per heavy atom. The van der Waals surface area contributed by atoms with Gasteiger partial charge < -0.3 is 0 Å². The Kier molecular flexibility index (Phi) is 5.44. The fraction of sp³-hybridized carbons (Fsp3) is 0. The van der Waals surface area contributed by atoms with Crippen molar-refractivity contribution in [2.45, 2.75) is 0 Å². The predicted octanol–water partition coefficient (Wildman–Crippen LogP) is 4.26. The number of amides is 1. The number of carbonyl (C=O) groups is 1. The Labute approximate surface area is 159 Å². The van der Waals surface area contributed by atoms with E-state index in [0.29, 0.717) is 16.4 Å². The Bertz CT molecular complexity index is 1000. The summed E-state index contributed by atoms with van der Waals surface area (Å²) in [5, 5.41) is 13.0. The van der Waals surface area contributed by atoms with Gasteiger partial charge in [0.15, 0.2) is 5.82 Å². The summed E-state index contributed by atoms with van der Waals surface area (Å²) in [6.07, 6.45) is 2.95. The molecule has 0 atom stereocenters. The number of thiazole rings is 1. The van der Waals surface area contributed by atoms with Gasteiger partial charge in [-0.25, -0.2) is 15.8 Å². The molecule has 0 fully saturated rings. The monoisotopic (exact) mass is 380 g/mol. The third kappa shape index (κ3) is 4.16. The molecule has 0 spiro atoms. The van der Waals surface area contributed by atoms with Crippen molar-refractivity contribution in [1.29, 1.82) is 5.26 Å². The van der Waals surface area contributed by atoms with Crippen LogP contribution >= 0.6 is 22.9 Å². The molecule has 0 bridgehead atoms. The van der Waals surface area contributed by atoms with E-state index < -0.39 is 5.91 Å². The summed E-state index contributed by atoms with van der Waals surface area (Å²) in [6.45, 7) is 0. The first kappa shape index (κ1) is 17.8. The summed E-state index contributed by atoms with van der Waals surface area (Å²) in [5.41, 5.74) is 2.16. The molecular formula is C19H13ClN4OS. The number of aromatic nitrogens is 1. The van der Waals surface area contributed by atoms with Crippen LogP contribution in [-0.4, -0.2) is 10.9 Å². The zero-order valence-corrected chi connectivity index (χ0v) is 15.0. The number of anilines is 1. The van der Waals surface area contributed by atoms with E-state index in [2.05, 4.69) is 11.1 Å².